The van der Waals surface area contributed by atoms with Crippen LogP contribution in [0, 0.1) is 11.3 Å². The Balaban J connectivity index is 2.13. The Morgan fingerprint density at radius 1 is 1.15 bits per heavy atom. The van der Waals surface area contributed by atoms with E-state index in [1.807, 2.05) is 30.3 Å². The van der Waals surface area contributed by atoms with E-state index in [0.717, 1.165) is 22.2 Å². The molecular formula is C16H14BrNO2. The number of hydrogen-bond donors (Lipinski definition) is 0. The standard InChI is InChI=1S/C16H14BrNO2/c1-19-15-7-6-12(8-14(15)10-18)11-20-16-5-3-2-4-13(16)9-17/h2-8H,9,11H2,1H3. The summed E-state index contributed by atoms with van der Waals surface area (Å²) in [5, 5.41) is 9.81. The molecule has 3 nitrogen and oxygen atoms in total. The quantitative estimate of drug-likeness (QED) is 0.776. The summed E-state index contributed by atoms with van der Waals surface area (Å²) in [5.41, 5.74) is 2.55. The molecule has 0 spiro atoms. The summed E-state index contributed by atoms with van der Waals surface area (Å²) >= 11 is 3.44. The highest BCUT2D eigenvalue weighted by molar-refractivity contribution is 9.08. The van der Waals surface area contributed by atoms with E-state index in [0.29, 0.717) is 17.9 Å². The van der Waals surface area contributed by atoms with E-state index in [9.17, 15) is 0 Å². The van der Waals surface area contributed by atoms with Crippen LogP contribution in [0.15, 0.2) is 42.5 Å². The van der Waals surface area contributed by atoms with Crippen molar-refractivity contribution in [2.75, 3.05) is 7.11 Å². The van der Waals surface area contributed by atoms with Crippen molar-refractivity contribution in [2.45, 2.75) is 11.9 Å². The van der Waals surface area contributed by atoms with Crippen LogP contribution < -0.4 is 9.47 Å². The van der Waals surface area contributed by atoms with Gasteiger partial charge in [0.1, 0.15) is 24.2 Å². The molecule has 102 valence electrons. The number of alkyl halides is 1. The molecule has 0 saturated heterocycles. The fraction of sp³-hybridized carbons (Fsp3) is 0.188. The molecule has 0 unspecified atom stereocenters. The Morgan fingerprint density at radius 2 is 1.95 bits per heavy atom. The molecule has 0 aliphatic rings. The average molecular weight is 332 g/mol. The molecular weight excluding hydrogens is 318 g/mol. The van der Waals surface area contributed by atoms with Gasteiger partial charge in [0.15, 0.2) is 0 Å². The largest absolute Gasteiger partial charge is 0.495 e. The van der Waals surface area contributed by atoms with Crippen LogP contribution in [0.2, 0.25) is 0 Å². The molecule has 0 aliphatic carbocycles. The molecule has 2 aromatic carbocycles. The van der Waals surface area contributed by atoms with Crippen LogP contribution in [0.4, 0.5) is 0 Å². The Kier molecular flexibility index (Phi) is 5.03. The molecule has 0 fully saturated rings. The van der Waals surface area contributed by atoms with Gasteiger partial charge in [-0.05, 0) is 23.8 Å². The third-order valence-electron chi connectivity index (χ3n) is 2.90. The van der Waals surface area contributed by atoms with Crippen LogP contribution in [0.25, 0.3) is 0 Å². The van der Waals surface area contributed by atoms with E-state index in [1.165, 1.54) is 0 Å². The second-order valence-electron chi connectivity index (χ2n) is 4.18. The zero-order chi connectivity index (χ0) is 14.4. The van der Waals surface area contributed by atoms with Crippen molar-refractivity contribution in [2.24, 2.45) is 0 Å². The first-order valence-corrected chi connectivity index (χ1v) is 7.24. The van der Waals surface area contributed by atoms with Crippen LogP contribution in [-0.2, 0) is 11.9 Å². The minimum absolute atomic E-state index is 0.419. The van der Waals surface area contributed by atoms with E-state index in [-0.39, 0.29) is 0 Å². The number of rotatable bonds is 5. The summed E-state index contributed by atoms with van der Waals surface area (Å²) in [6.45, 7) is 0.419. The van der Waals surface area contributed by atoms with Gasteiger partial charge in [-0.25, -0.2) is 0 Å². The Morgan fingerprint density at radius 3 is 2.65 bits per heavy atom. The predicted octanol–water partition coefficient (Wildman–Crippen LogP) is 4.04. The lowest BCUT2D eigenvalue weighted by molar-refractivity contribution is 0.303. The minimum Gasteiger partial charge on any atom is -0.495 e. The van der Waals surface area contributed by atoms with Gasteiger partial charge in [0.25, 0.3) is 0 Å². The lowest BCUT2D eigenvalue weighted by atomic mass is 10.1. The monoisotopic (exact) mass is 331 g/mol. The van der Waals surface area contributed by atoms with Crippen molar-refractivity contribution in [1.29, 1.82) is 5.26 Å². The summed E-state index contributed by atoms with van der Waals surface area (Å²) < 4.78 is 10.9. The lowest BCUT2D eigenvalue weighted by Gasteiger charge is -2.11. The zero-order valence-electron chi connectivity index (χ0n) is 11.1. The summed E-state index contributed by atoms with van der Waals surface area (Å²) in [6, 6.07) is 15.5. The smallest absolute Gasteiger partial charge is 0.136 e. The summed E-state index contributed by atoms with van der Waals surface area (Å²) in [6.07, 6.45) is 0. The van der Waals surface area contributed by atoms with E-state index in [2.05, 4.69) is 22.0 Å². The molecule has 0 aliphatic heterocycles. The molecule has 0 amide bonds. The molecule has 0 saturated carbocycles. The molecule has 2 rings (SSSR count). The number of hydrogen-bond acceptors (Lipinski definition) is 3. The topological polar surface area (TPSA) is 42.2 Å². The second-order valence-corrected chi connectivity index (χ2v) is 4.74. The summed E-state index contributed by atoms with van der Waals surface area (Å²) in [7, 11) is 1.55. The van der Waals surface area contributed by atoms with Crippen LogP contribution in [0.1, 0.15) is 16.7 Å². The molecule has 0 heterocycles. The Hall–Kier alpha value is -1.99. The number of benzene rings is 2. The fourth-order valence-electron chi connectivity index (χ4n) is 1.85. The van der Waals surface area contributed by atoms with Crippen LogP contribution in [0.3, 0.4) is 0 Å². The maximum atomic E-state index is 9.06. The highest BCUT2D eigenvalue weighted by Gasteiger charge is 2.06. The lowest BCUT2D eigenvalue weighted by Crippen LogP contribution is -1.99. The third kappa shape index (κ3) is 3.31. The molecule has 0 bridgehead atoms. The highest BCUT2D eigenvalue weighted by Crippen LogP contribution is 2.23. The number of halogens is 1. The summed E-state index contributed by atoms with van der Waals surface area (Å²) in [4.78, 5) is 0. The van der Waals surface area contributed by atoms with Gasteiger partial charge in [-0.1, -0.05) is 40.2 Å². The maximum absolute atomic E-state index is 9.06. The van der Waals surface area contributed by atoms with Crippen molar-refractivity contribution < 1.29 is 9.47 Å². The summed E-state index contributed by atoms with van der Waals surface area (Å²) in [5.74, 6) is 1.43. The first-order chi connectivity index (χ1) is 9.78. The third-order valence-corrected chi connectivity index (χ3v) is 3.50. The van der Waals surface area contributed by atoms with Gasteiger partial charge >= 0.3 is 0 Å². The normalized spacial score (nSPS) is 9.85. The highest BCUT2D eigenvalue weighted by atomic mass is 79.9. The number of methoxy groups -OCH3 is 1. The van der Waals surface area contributed by atoms with Crippen LogP contribution in [-0.4, -0.2) is 7.11 Å². The molecule has 20 heavy (non-hydrogen) atoms. The van der Waals surface area contributed by atoms with E-state index >= 15 is 0 Å². The Labute approximate surface area is 126 Å². The second kappa shape index (κ2) is 6.97. The molecule has 0 radical (unpaired) electrons. The van der Waals surface area contributed by atoms with Gasteiger partial charge in [0, 0.05) is 10.9 Å². The Bertz CT molecular complexity index is 635. The van der Waals surface area contributed by atoms with Crippen molar-refractivity contribution in [3.05, 3.63) is 59.2 Å². The van der Waals surface area contributed by atoms with Gasteiger partial charge in [-0.3, -0.25) is 0 Å². The zero-order valence-corrected chi connectivity index (χ0v) is 12.7. The average Bonchev–Trinajstić information content (AvgIpc) is 2.52. The van der Waals surface area contributed by atoms with Crippen molar-refractivity contribution in [3.8, 4) is 17.6 Å². The van der Waals surface area contributed by atoms with Crippen molar-refractivity contribution in [3.63, 3.8) is 0 Å². The van der Waals surface area contributed by atoms with Gasteiger partial charge in [0.2, 0.25) is 0 Å². The maximum Gasteiger partial charge on any atom is 0.136 e. The van der Waals surface area contributed by atoms with E-state index in [4.69, 9.17) is 14.7 Å². The number of nitriles is 1. The number of ether oxygens (including phenoxy) is 2. The predicted molar refractivity (Wildman–Crippen MR) is 81.1 cm³/mol. The van der Waals surface area contributed by atoms with E-state index in [1.54, 1.807) is 19.2 Å². The molecule has 0 aromatic heterocycles. The van der Waals surface area contributed by atoms with Crippen molar-refractivity contribution >= 4 is 15.9 Å². The number of para-hydroxylation sites is 1. The van der Waals surface area contributed by atoms with Crippen molar-refractivity contribution in [1.82, 2.24) is 0 Å². The van der Waals surface area contributed by atoms with Gasteiger partial charge < -0.3 is 9.47 Å². The molecule has 4 heteroatoms. The first-order valence-electron chi connectivity index (χ1n) is 6.12. The van der Waals surface area contributed by atoms with E-state index < -0.39 is 0 Å². The fourth-order valence-corrected chi connectivity index (χ4v) is 2.31. The molecule has 0 N–H and O–H groups in total. The van der Waals surface area contributed by atoms with Crippen LogP contribution in [0.5, 0.6) is 11.5 Å². The van der Waals surface area contributed by atoms with Gasteiger partial charge in [0.05, 0.1) is 12.7 Å². The van der Waals surface area contributed by atoms with Gasteiger partial charge in [-0.15, -0.1) is 0 Å². The molecule has 0 atom stereocenters. The van der Waals surface area contributed by atoms with Crippen LogP contribution >= 0.6 is 15.9 Å². The first kappa shape index (κ1) is 14.4. The minimum atomic E-state index is 0.419. The molecule has 2 aromatic rings. The SMILES string of the molecule is COc1ccc(COc2ccccc2CBr)cc1C#N. The number of nitrogens with zero attached hydrogens (tertiary/aromatic N) is 1. The van der Waals surface area contributed by atoms with Gasteiger partial charge in [-0.2, -0.15) is 5.26 Å².